The minimum Gasteiger partial charge on any atom is -0.378 e. The molecule has 0 saturated heterocycles. The Morgan fingerprint density at radius 2 is 2.05 bits per heavy atom. The van der Waals surface area contributed by atoms with E-state index >= 15 is 0 Å². The molecule has 6 heteroatoms. The first-order chi connectivity index (χ1) is 10.3. The maximum Gasteiger partial charge on any atom is 0.257 e. The molecule has 5 nitrogen and oxygen atoms in total. The van der Waals surface area contributed by atoms with Crippen molar-refractivity contribution in [1.82, 2.24) is 15.0 Å². The van der Waals surface area contributed by atoms with Crippen molar-refractivity contribution in [2.24, 2.45) is 0 Å². The van der Waals surface area contributed by atoms with Crippen molar-refractivity contribution in [3.63, 3.8) is 0 Å². The number of pyridine rings is 2. The Morgan fingerprint density at radius 1 is 1.24 bits per heavy atom. The van der Waals surface area contributed by atoms with Crippen LogP contribution in [0.3, 0.4) is 0 Å². The Kier molecular flexibility index (Phi) is 3.89. The van der Waals surface area contributed by atoms with Crippen LogP contribution in [-0.4, -0.2) is 22.1 Å². The minimum atomic E-state index is -0.156. The van der Waals surface area contributed by atoms with Crippen LogP contribution in [0.2, 0.25) is 0 Å². The van der Waals surface area contributed by atoms with E-state index in [4.69, 9.17) is 4.74 Å². The zero-order chi connectivity index (χ0) is 14.7. The molecule has 0 amide bonds. The highest BCUT2D eigenvalue weighted by atomic mass is 32.1. The van der Waals surface area contributed by atoms with E-state index in [0.29, 0.717) is 17.9 Å². The lowest BCUT2D eigenvalue weighted by molar-refractivity contribution is 0.181. The Bertz CT molecular complexity index is 796. The lowest BCUT2D eigenvalue weighted by Gasteiger charge is -2.01. The van der Waals surface area contributed by atoms with Crippen molar-refractivity contribution < 1.29 is 4.74 Å². The Labute approximate surface area is 125 Å². The average molecular weight is 299 g/mol. The Balaban J connectivity index is 1.95. The van der Waals surface area contributed by atoms with Gasteiger partial charge in [-0.25, -0.2) is 4.98 Å². The molecule has 106 valence electrons. The van der Waals surface area contributed by atoms with Crippen LogP contribution in [0.15, 0.2) is 46.8 Å². The normalized spacial score (nSPS) is 10.7. The molecule has 3 aromatic heterocycles. The van der Waals surface area contributed by atoms with Crippen molar-refractivity contribution in [3.05, 3.63) is 58.1 Å². The largest absolute Gasteiger partial charge is 0.378 e. The van der Waals surface area contributed by atoms with Gasteiger partial charge in [0.25, 0.3) is 5.56 Å². The summed E-state index contributed by atoms with van der Waals surface area (Å²) >= 11 is 1.50. The van der Waals surface area contributed by atoms with E-state index in [-0.39, 0.29) is 5.56 Å². The minimum absolute atomic E-state index is 0.156. The quantitative estimate of drug-likeness (QED) is 0.804. The number of rotatable bonds is 4. The molecule has 3 aromatic rings. The Morgan fingerprint density at radius 3 is 2.76 bits per heavy atom. The number of thiazole rings is 1. The van der Waals surface area contributed by atoms with Crippen LogP contribution < -0.4 is 5.56 Å². The summed E-state index contributed by atoms with van der Waals surface area (Å²) in [6, 6.07) is 7.41. The summed E-state index contributed by atoms with van der Waals surface area (Å²) < 4.78 is 5.00. The summed E-state index contributed by atoms with van der Waals surface area (Å²) in [5, 5.41) is 2.75. The van der Waals surface area contributed by atoms with E-state index in [1.165, 1.54) is 11.3 Å². The van der Waals surface area contributed by atoms with Crippen LogP contribution in [0.1, 0.15) is 5.69 Å². The van der Waals surface area contributed by atoms with E-state index in [0.717, 1.165) is 16.3 Å². The lowest BCUT2D eigenvalue weighted by atomic mass is 10.2. The van der Waals surface area contributed by atoms with E-state index in [1.54, 1.807) is 25.6 Å². The van der Waals surface area contributed by atoms with Gasteiger partial charge in [0.15, 0.2) is 0 Å². The predicted octanol–water partition coefficient (Wildman–Crippen LogP) is 2.71. The van der Waals surface area contributed by atoms with Gasteiger partial charge in [0.05, 0.1) is 17.9 Å². The van der Waals surface area contributed by atoms with Gasteiger partial charge in [-0.3, -0.25) is 9.78 Å². The number of aromatic amines is 1. The van der Waals surface area contributed by atoms with Crippen LogP contribution in [0, 0.1) is 0 Å². The molecule has 1 N–H and O–H groups in total. The second-order valence-corrected chi connectivity index (χ2v) is 5.29. The standard InChI is InChI=1S/C15H13N3O2S/c1-20-8-11-2-3-12(14(19)17-11)13-9-21-15(18-13)10-4-6-16-7-5-10/h2-7,9H,8H2,1H3,(H,17,19). The molecule has 0 fully saturated rings. The molecular formula is C15H13N3O2S. The average Bonchev–Trinajstić information content (AvgIpc) is 2.98. The third kappa shape index (κ3) is 2.91. The van der Waals surface area contributed by atoms with Gasteiger partial charge < -0.3 is 9.72 Å². The van der Waals surface area contributed by atoms with Gasteiger partial charge in [0.2, 0.25) is 0 Å². The SMILES string of the molecule is COCc1ccc(-c2csc(-c3ccncc3)n2)c(=O)[nH]1. The Hall–Kier alpha value is -2.31. The van der Waals surface area contributed by atoms with Crippen molar-refractivity contribution >= 4 is 11.3 Å². The van der Waals surface area contributed by atoms with E-state index in [2.05, 4.69) is 15.0 Å². The smallest absolute Gasteiger partial charge is 0.257 e. The van der Waals surface area contributed by atoms with Crippen LogP contribution >= 0.6 is 11.3 Å². The maximum absolute atomic E-state index is 12.1. The molecule has 0 saturated carbocycles. The third-order valence-electron chi connectivity index (χ3n) is 2.98. The lowest BCUT2D eigenvalue weighted by Crippen LogP contribution is -2.11. The fraction of sp³-hybridized carbons (Fsp3) is 0.133. The van der Waals surface area contributed by atoms with E-state index < -0.39 is 0 Å². The van der Waals surface area contributed by atoms with Crippen LogP contribution in [-0.2, 0) is 11.3 Å². The summed E-state index contributed by atoms with van der Waals surface area (Å²) in [6.45, 7) is 0.384. The highest BCUT2D eigenvalue weighted by Crippen LogP contribution is 2.26. The summed E-state index contributed by atoms with van der Waals surface area (Å²) in [7, 11) is 1.59. The number of ether oxygens (including phenoxy) is 1. The molecule has 0 bridgehead atoms. The van der Waals surface area contributed by atoms with Crippen LogP contribution in [0.5, 0.6) is 0 Å². The van der Waals surface area contributed by atoms with Crippen LogP contribution in [0.4, 0.5) is 0 Å². The van der Waals surface area contributed by atoms with Crippen molar-refractivity contribution in [1.29, 1.82) is 0 Å². The number of nitrogens with one attached hydrogen (secondary N) is 1. The molecule has 0 unspecified atom stereocenters. The van der Waals surface area contributed by atoms with Gasteiger partial charge in [0.1, 0.15) is 5.01 Å². The molecule has 0 aliphatic carbocycles. The molecule has 0 radical (unpaired) electrons. The predicted molar refractivity (Wildman–Crippen MR) is 82.1 cm³/mol. The number of nitrogens with zero attached hydrogens (tertiary/aromatic N) is 2. The van der Waals surface area contributed by atoms with E-state index in [9.17, 15) is 4.79 Å². The molecule has 0 atom stereocenters. The molecule has 3 rings (SSSR count). The first-order valence-electron chi connectivity index (χ1n) is 6.35. The third-order valence-corrected chi connectivity index (χ3v) is 3.87. The summed E-state index contributed by atoms with van der Waals surface area (Å²) in [4.78, 5) is 23.4. The van der Waals surface area contributed by atoms with Gasteiger partial charge in [-0.05, 0) is 24.3 Å². The molecule has 0 aromatic carbocycles. The molecule has 21 heavy (non-hydrogen) atoms. The fourth-order valence-electron chi connectivity index (χ4n) is 1.98. The van der Waals surface area contributed by atoms with Crippen molar-refractivity contribution in [2.45, 2.75) is 6.61 Å². The number of aromatic nitrogens is 3. The fourth-order valence-corrected chi connectivity index (χ4v) is 2.81. The first-order valence-corrected chi connectivity index (χ1v) is 7.23. The highest BCUT2D eigenvalue weighted by molar-refractivity contribution is 7.13. The highest BCUT2D eigenvalue weighted by Gasteiger charge is 2.10. The summed E-state index contributed by atoms with van der Waals surface area (Å²) in [5.74, 6) is 0. The van der Waals surface area contributed by atoms with Gasteiger partial charge >= 0.3 is 0 Å². The molecule has 0 aliphatic rings. The summed E-state index contributed by atoms with van der Waals surface area (Å²) in [6.07, 6.45) is 3.45. The number of methoxy groups -OCH3 is 1. The molecular weight excluding hydrogens is 286 g/mol. The summed E-state index contributed by atoms with van der Waals surface area (Å²) in [5.41, 5.74) is 2.82. The van der Waals surface area contributed by atoms with Gasteiger partial charge in [-0.15, -0.1) is 11.3 Å². The first kappa shape index (κ1) is 13.7. The number of hydrogen-bond donors (Lipinski definition) is 1. The monoisotopic (exact) mass is 299 g/mol. The van der Waals surface area contributed by atoms with Crippen molar-refractivity contribution in [3.8, 4) is 21.8 Å². The second kappa shape index (κ2) is 5.99. The van der Waals surface area contributed by atoms with E-state index in [1.807, 2.05) is 23.6 Å². The number of hydrogen-bond acceptors (Lipinski definition) is 5. The van der Waals surface area contributed by atoms with Gasteiger partial charge in [-0.2, -0.15) is 0 Å². The second-order valence-electron chi connectivity index (χ2n) is 4.43. The van der Waals surface area contributed by atoms with Gasteiger partial charge in [-0.1, -0.05) is 0 Å². The molecule has 3 heterocycles. The van der Waals surface area contributed by atoms with Gasteiger partial charge in [0, 0.05) is 36.1 Å². The topological polar surface area (TPSA) is 67.9 Å². The number of H-pyrrole nitrogens is 1. The maximum atomic E-state index is 12.1. The van der Waals surface area contributed by atoms with Crippen LogP contribution in [0.25, 0.3) is 21.8 Å². The zero-order valence-electron chi connectivity index (χ0n) is 11.4. The van der Waals surface area contributed by atoms with Crippen molar-refractivity contribution in [2.75, 3.05) is 7.11 Å². The molecule has 0 aliphatic heterocycles. The zero-order valence-corrected chi connectivity index (χ0v) is 12.2. The molecule has 0 spiro atoms.